The molecule has 0 amide bonds. The third-order valence-corrected chi connectivity index (χ3v) is 3.94. The minimum absolute atomic E-state index is 0.454. The number of benzene rings is 2. The monoisotopic (exact) mass is 263 g/mol. The zero-order valence-corrected chi connectivity index (χ0v) is 12.6. The minimum atomic E-state index is 0.454. The number of fused-ring (bicyclic) bond motifs is 3. The summed E-state index contributed by atoms with van der Waals surface area (Å²) in [6.45, 7) is 8.95. The van der Waals surface area contributed by atoms with Crippen LogP contribution in [0, 0.1) is 0 Å². The summed E-state index contributed by atoms with van der Waals surface area (Å²) < 4.78 is 0. The van der Waals surface area contributed by atoms with Gasteiger partial charge in [0.2, 0.25) is 0 Å². The molecule has 0 aliphatic rings. The second kappa shape index (κ2) is 4.90. The van der Waals surface area contributed by atoms with Crippen molar-refractivity contribution in [2.75, 3.05) is 0 Å². The van der Waals surface area contributed by atoms with Crippen molar-refractivity contribution in [2.24, 2.45) is 0 Å². The zero-order valence-electron chi connectivity index (χ0n) is 12.6. The summed E-state index contributed by atoms with van der Waals surface area (Å²) in [6.07, 6.45) is 0. The lowest BCUT2D eigenvalue weighted by Crippen LogP contribution is -2.02. The molecule has 0 aliphatic carbocycles. The highest BCUT2D eigenvalue weighted by Crippen LogP contribution is 2.31. The highest BCUT2D eigenvalue weighted by molar-refractivity contribution is 6.05. The summed E-state index contributed by atoms with van der Waals surface area (Å²) in [6, 6.07) is 15.2. The van der Waals surface area contributed by atoms with Crippen LogP contribution in [0.4, 0.5) is 0 Å². The molecule has 0 fully saturated rings. The van der Waals surface area contributed by atoms with Crippen molar-refractivity contribution < 1.29 is 0 Å². The van der Waals surface area contributed by atoms with E-state index in [9.17, 15) is 0 Å². The molecule has 2 aromatic carbocycles. The van der Waals surface area contributed by atoms with Gasteiger partial charge >= 0.3 is 0 Å². The molecule has 1 nitrogen and oxygen atoms in total. The molecule has 0 N–H and O–H groups in total. The smallest absolute Gasteiger partial charge is 0.0783 e. The Balaban J connectivity index is 2.41. The molecule has 0 unspecified atom stereocenters. The molecule has 1 aromatic heterocycles. The fraction of sp³-hybridized carbons (Fsp3) is 0.316. The maximum absolute atomic E-state index is 5.02. The first-order valence-electron chi connectivity index (χ1n) is 7.40. The highest BCUT2D eigenvalue weighted by Gasteiger charge is 2.14. The van der Waals surface area contributed by atoms with Crippen molar-refractivity contribution >= 4 is 21.7 Å². The average molecular weight is 263 g/mol. The second-order valence-electron chi connectivity index (χ2n) is 6.13. The van der Waals surface area contributed by atoms with Crippen LogP contribution in [0.25, 0.3) is 21.7 Å². The molecule has 1 heterocycles. The Labute approximate surface area is 120 Å². The fourth-order valence-electron chi connectivity index (χ4n) is 2.86. The van der Waals surface area contributed by atoms with Gasteiger partial charge in [-0.3, -0.25) is 4.98 Å². The van der Waals surface area contributed by atoms with Crippen molar-refractivity contribution in [3.05, 3.63) is 53.7 Å². The minimum Gasteiger partial charge on any atom is -0.252 e. The molecule has 0 spiro atoms. The maximum Gasteiger partial charge on any atom is 0.0783 e. The number of pyridine rings is 1. The lowest BCUT2D eigenvalue weighted by molar-refractivity contribution is 0.764. The molecule has 1 heteroatoms. The van der Waals surface area contributed by atoms with Crippen LogP contribution in [0.15, 0.2) is 42.5 Å². The molecule has 0 saturated heterocycles. The lowest BCUT2D eigenvalue weighted by Gasteiger charge is -2.17. The van der Waals surface area contributed by atoms with Crippen LogP contribution in [-0.2, 0) is 0 Å². The molecule has 3 rings (SSSR count). The van der Waals surface area contributed by atoms with Crippen molar-refractivity contribution in [2.45, 2.75) is 39.5 Å². The maximum atomic E-state index is 5.02. The summed E-state index contributed by atoms with van der Waals surface area (Å²) in [5.41, 5.74) is 3.75. The van der Waals surface area contributed by atoms with Crippen molar-refractivity contribution in [1.82, 2.24) is 4.98 Å². The third kappa shape index (κ3) is 2.07. The van der Waals surface area contributed by atoms with E-state index in [1.165, 1.54) is 27.4 Å². The fourth-order valence-corrected chi connectivity index (χ4v) is 2.86. The van der Waals surface area contributed by atoms with Gasteiger partial charge in [0.15, 0.2) is 0 Å². The van der Waals surface area contributed by atoms with Crippen LogP contribution in [0.3, 0.4) is 0 Å². The first kappa shape index (κ1) is 13.1. The standard InChI is InChI=1S/C19H21N/c1-12(2)17-11-15-10-9-14-7-5-6-8-16(14)19(15)20-18(17)13(3)4/h5-13H,1-4H3. The van der Waals surface area contributed by atoms with E-state index in [-0.39, 0.29) is 0 Å². The number of hydrogen-bond donors (Lipinski definition) is 0. The summed E-state index contributed by atoms with van der Waals surface area (Å²) in [5.74, 6) is 0.964. The molecule has 3 aromatic rings. The van der Waals surface area contributed by atoms with Crippen LogP contribution >= 0.6 is 0 Å². The molecule has 0 atom stereocenters. The summed E-state index contributed by atoms with van der Waals surface area (Å²) >= 11 is 0. The Morgan fingerprint density at radius 2 is 1.50 bits per heavy atom. The van der Waals surface area contributed by atoms with E-state index in [0.29, 0.717) is 11.8 Å². The Hall–Kier alpha value is -1.89. The van der Waals surface area contributed by atoms with Gasteiger partial charge in [-0.1, -0.05) is 64.1 Å². The van der Waals surface area contributed by atoms with Crippen LogP contribution in [0.5, 0.6) is 0 Å². The third-order valence-electron chi connectivity index (χ3n) is 3.94. The van der Waals surface area contributed by atoms with Crippen molar-refractivity contribution in [3.8, 4) is 0 Å². The predicted octanol–water partition coefficient (Wildman–Crippen LogP) is 5.63. The highest BCUT2D eigenvalue weighted by atomic mass is 14.7. The van der Waals surface area contributed by atoms with Gasteiger partial charge in [-0.25, -0.2) is 0 Å². The molecule has 20 heavy (non-hydrogen) atoms. The van der Waals surface area contributed by atoms with Gasteiger partial charge in [-0.2, -0.15) is 0 Å². The topological polar surface area (TPSA) is 12.9 Å². The zero-order chi connectivity index (χ0) is 14.3. The Morgan fingerprint density at radius 1 is 0.800 bits per heavy atom. The van der Waals surface area contributed by atoms with E-state index >= 15 is 0 Å². The van der Waals surface area contributed by atoms with E-state index in [0.717, 1.165) is 5.52 Å². The van der Waals surface area contributed by atoms with Crippen LogP contribution in [0.1, 0.15) is 50.8 Å². The molecule has 0 radical (unpaired) electrons. The van der Waals surface area contributed by atoms with Crippen molar-refractivity contribution in [1.29, 1.82) is 0 Å². The van der Waals surface area contributed by atoms with E-state index in [4.69, 9.17) is 4.98 Å². The van der Waals surface area contributed by atoms with Gasteiger partial charge in [0, 0.05) is 16.5 Å². The average Bonchev–Trinajstić information content (AvgIpc) is 2.45. The summed E-state index contributed by atoms with van der Waals surface area (Å²) in [5, 5.41) is 3.76. The quantitative estimate of drug-likeness (QED) is 0.546. The Bertz CT molecular complexity index is 769. The van der Waals surface area contributed by atoms with Crippen LogP contribution < -0.4 is 0 Å². The normalized spacial score (nSPS) is 11.9. The van der Waals surface area contributed by atoms with Gasteiger partial charge in [0.05, 0.1) is 5.52 Å². The van der Waals surface area contributed by atoms with Gasteiger partial charge in [-0.15, -0.1) is 0 Å². The van der Waals surface area contributed by atoms with E-state index in [1.54, 1.807) is 0 Å². The second-order valence-corrected chi connectivity index (χ2v) is 6.13. The summed E-state index contributed by atoms with van der Waals surface area (Å²) in [4.78, 5) is 5.02. The molecule has 0 saturated carbocycles. The van der Waals surface area contributed by atoms with Gasteiger partial charge < -0.3 is 0 Å². The summed E-state index contributed by atoms with van der Waals surface area (Å²) in [7, 11) is 0. The van der Waals surface area contributed by atoms with E-state index < -0.39 is 0 Å². The molecular formula is C19H21N. The van der Waals surface area contributed by atoms with Crippen LogP contribution in [0.2, 0.25) is 0 Å². The van der Waals surface area contributed by atoms with E-state index in [2.05, 4.69) is 70.2 Å². The lowest BCUT2D eigenvalue weighted by atomic mass is 9.93. The van der Waals surface area contributed by atoms with Gasteiger partial charge in [0.1, 0.15) is 0 Å². The largest absolute Gasteiger partial charge is 0.252 e. The van der Waals surface area contributed by atoms with Gasteiger partial charge in [-0.05, 0) is 28.9 Å². The molecular weight excluding hydrogens is 242 g/mol. The number of hydrogen-bond acceptors (Lipinski definition) is 1. The first-order chi connectivity index (χ1) is 9.58. The SMILES string of the molecule is CC(C)c1cc2ccc3ccccc3c2nc1C(C)C. The number of rotatable bonds is 2. The molecule has 102 valence electrons. The van der Waals surface area contributed by atoms with Crippen molar-refractivity contribution in [3.63, 3.8) is 0 Å². The predicted molar refractivity (Wildman–Crippen MR) is 87.4 cm³/mol. The van der Waals surface area contributed by atoms with Gasteiger partial charge in [0.25, 0.3) is 0 Å². The molecule has 0 aliphatic heterocycles. The number of nitrogens with zero attached hydrogens (tertiary/aromatic N) is 1. The molecule has 0 bridgehead atoms. The first-order valence-corrected chi connectivity index (χ1v) is 7.40. The van der Waals surface area contributed by atoms with E-state index in [1.807, 2.05) is 0 Å². The Kier molecular flexibility index (Phi) is 3.21. The Morgan fingerprint density at radius 3 is 2.20 bits per heavy atom. The number of aromatic nitrogens is 1. The van der Waals surface area contributed by atoms with Crippen LogP contribution in [-0.4, -0.2) is 4.98 Å².